The Labute approximate surface area is 351 Å². The fourth-order valence-electron chi connectivity index (χ4n) is 13.1. The van der Waals surface area contributed by atoms with Gasteiger partial charge in [0.25, 0.3) is 11.8 Å². The Hall–Kier alpha value is -3.92. The number of fused-ring (bicyclic) bond motifs is 5. The van der Waals surface area contributed by atoms with Crippen molar-refractivity contribution in [3.63, 3.8) is 0 Å². The molecule has 6 aliphatic rings. The van der Waals surface area contributed by atoms with Gasteiger partial charge in [0.2, 0.25) is 5.91 Å². The Kier molecular flexibility index (Phi) is 12.2. The number of hydrogen-bond donors (Lipinski definition) is 2. The third-order valence-electron chi connectivity index (χ3n) is 16.1. The highest BCUT2D eigenvalue weighted by Gasteiger charge is 2.59. The molecule has 3 saturated carbocycles. The van der Waals surface area contributed by atoms with E-state index in [-0.39, 0.29) is 55.3 Å². The van der Waals surface area contributed by atoms with Crippen molar-refractivity contribution in [2.75, 3.05) is 50.8 Å². The minimum atomic E-state index is -0.471. The summed E-state index contributed by atoms with van der Waals surface area (Å²) < 4.78 is 11.6. The maximum atomic E-state index is 13.6. The number of nitrogens with one attached hydrogen (secondary N) is 2. The lowest BCUT2D eigenvalue weighted by Gasteiger charge is -2.58. The molecular weight excluding hydrogens is 741 g/mol. The molecule has 1 saturated heterocycles. The van der Waals surface area contributed by atoms with E-state index in [2.05, 4.69) is 56.2 Å². The third kappa shape index (κ3) is 8.04. The summed E-state index contributed by atoms with van der Waals surface area (Å²) in [5.41, 5.74) is 4.07. The molecule has 320 valence electrons. The quantitative estimate of drug-likeness (QED) is 0.153. The molecule has 2 aromatic carbocycles. The lowest BCUT2D eigenvalue weighted by atomic mass is 9.47. The van der Waals surface area contributed by atoms with Gasteiger partial charge in [-0.05, 0) is 116 Å². The average Bonchev–Trinajstić information content (AvgIpc) is 3.58. The molecule has 8 rings (SSSR count). The van der Waals surface area contributed by atoms with E-state index in [1.165, 1.54) is 56.3 Å². The molecule has 10 heteroatoms. The maximum Gasteiger partial charge on any atom is 0.407 e. The molecule has 8 atom stereocenters. The van der Waals surface area contributed by atoms with Gasteiger partial charge in [0.15, 0.2) is 0 Å². The molecular formula is C49H68N4O6. The second-order valence-corrected chi connectivity index (χ2v) is 19.8. The summed E-state index contributed by atoms with van der Waals surface area (Å²) in [6.45, 7) is 15.4. The Balaban J connectivity index is 0.790. The SMILES string of the molecule is CC(C)CCCC(C)C1CCC2C3CC=C4CCC(OC(=O)NCCC(=O)NCCN5C(=O)c6cccc7c(N8CCOCC8)ccc(c67)C5=O)CC4(C)C3CCC12C. The van der Waals surface area contributed by atoms with Gasteiger partial charge in [-0.25, -0.2) is 4.79 Å². The standard InChI is InChI=1S/C49H68N4O6/c1-31(2)8-6-9-32(3)39-17-18-40-35-15-13-33-12-14-34(30-49(33,5)41(35)20-22-48(39,40)4)59-47(57)51-23-21-43(54)50-24-25-53-45(55)37-11-7-10-36-42(52-26-28-58-29-27-52)19-16-38(44(36)37)46(53)56/h7,10-11,13,16,19,31-32,34-35,39-41H,6,8-9,12,14-15,17-18,20-30H2,1-5H3,(H,50,54)(H,51,57). The third-order valence-corrected chi connectivity index (χ3v) is 16.1. The van der Waals surface area contributed by atoms with E-state index in [1.807, 2.05) is 24.3 Å². The summed E-state index contributed by atoms with van der Waals surface area (Å²) in [7, 11) is 0. The van der Waals surface area contributed by atoms with Crippen LogP contribution in [0.1, 0.15) is 132 Å². The van der Waals surface area contributed by atoms with Crippen LogP contribution in [0.15, 0.2) is 42.0 Å². The number of benzene rings is 2. The van der Waals surface area contributed by atoms with Crippen molar-refractivity contribution < 1.29 is 28.7 Å². The Morgan fingerprint density at radius 2 is 1.69 bits per heavy atom. The molecule has 0 bridgehead atoms. The normalized spacial score (nSPS) is 30.7. The van der Waals surface area contributed by atoms with E-state index in [0.29, 0.717) is 47.0 Å². The maximum absolute atomic E-state index is 13.6. The van der Waals surface area contributed by atoms with E-state index in [0.717, 1.165) is 67.1 Å². The number of morpholine rings is 1. The number of allylic oxidation sites excluding steroid dienone is 2. The van der Waals surface area contributed by atoms with Crippen molar-refractivity contribution in [3.05, 3.63) is 53.1 Å². The molecule has 0 spiro atoms. The van der Waals surface area contributed by atoms with E-state index in [9.17, 15) is 19.2 Å². The zero-order valence-corrected chi connectivity index (χ0v) is 36.3. The summed E-state index contributed by atoms with van der Waals surface area (Å²) in [4.78, 5) is 56.5. The summed E-state index contributed by atoms with van der Waals surface area (Å²) >= 11 is 0. The van der Waals surface area contributed by atoms with Crippen LogP contribution in [-0.2, 0) is 14.3 Å². The molecule has 2 aliphatic heterocycles. The van der Waals surface area contributed by atoms with Crippen LogP contribution in [0.5, 0.6) is 0 Å². The number of carbonyl (C=O) groups is 4. The number of nitrogens with zero attached hydrogens (tertiary/aromatic N) is 2. The predicted octanol–water partition coefficient (Wildman–Crippen LogP) is 8.91. The van der Waals surface area contributed by atoms with Crippen LogP contribution in [0.4, 0.5) is 10.5 Å². The summed E-state index contributed by atoms with van der Waals surface area (Å²) in [6.07, 6.45) is 15.3. The van der Waals surface area contributed by atoms with Gasteiger partial charge in [0.05, 0.1) is 13.2 Å². The molecule has 8 unspecified atom stereocenters. The van der Waals surface area contributed by atoms with Crippen LogP contribution in [0.25, 0.3) is 10.8 Å². The second kappa shape index (κ2) is 17.2. The Morgan fingerprint density at radius 3 is 2.47 bits per heavy atom. The van der Waals surface area contributed by atoms with Gasteiger partial charge in [-0.1, -0.05) is 77.7 Å². The molecule has 2 aromatic rings. The van der Waals surface area contributed by atoms with Crippen molar-refractivity contribution >= 4 is 40.3 Å². The van der Waals surface area contributed by atoms with Gasteiger partial charge in [0.1, 0.15) is 6.10 Å². The summed E-state index contributed by atoms with van der Waals surface area (Å²) in [6, 6.07) is 9.35. The van der Waals surface area contributed by atoms with Crippen LogP contribution in [-0.4, -0.2) is 80.8 Å². The van der Waals surface area contributed by atoms with Gasteiger partial charge >= 0.3 is 6.09 Å². The molecule has 10 nitrogen and oxygen atoms in total. The highest BCUT2D eigenvalue weighted by molar-refractivity contribution is 6.26. The molecule has 2 heterocycles. The first-order valence-corrected chi connectivity index (χ1v) is 23.0. The van der Waals surface area contributed by atoms with Crippen LogP contribution < -0.4 is 15.5 Å². The molecule has 2 N–H and O–H groups in total. The van der Waals surface area contributed by atoms with Crippen molar-refractivity contribution in [2.45, 2.75) is 118 Å². The van der Waals surface area contributed by atoms with Gasteiger partial charge in [-0.15, -0.1) is 0 Å². The first-order valence-electron chi connectivity index (χ1n) is 23.0. The average molecular weight is 809 g/mol. The second-order valence-electron chi connectivity index (χ2n) is 19.8. The van der Waals surface area contributed by atoms with E-state index < -0.39 is 6.09 Å². The van der Waals surface area contributed by atoms with Gasteiger partial charge in [0, 0.05) is 66.7 Å². The zero-order chi connectivity index (χ0) is 41.5. The highest BCUT2D eigenvalue weighted by atomic mass is 16.6. The van der Waals surface area contributed by atoms with Gasteiger partial charge in [-0.2, -0.15) is 0 Å². The topological polar surface area (TPSA) is 117 Å². The van der Waals surface area contributed by atoms with E-state index >= 15 is 0 Å². The number of amides is 4. The van der Waals surface area contributed by atoms with E-state index in [1.54, 1.807) is 11.6 Å². The predicted molar refractivity (Wildman–Crippen MR) is 231 cm³/mol. The smallest absolute Gasteiger partial charge is 0.407 e. The van der Waals surface area contributed by atoms with Gasteiger partial charge in [-0.3, -0.25) is 19.3 Å². The fraction of sp³-hybridized carbons (Fsp3) is 0.673. The largest absolute Gasteiger partial charge is 0.446 e. The number of ether oxygens (including phenoxy) is 2. The summed E-state index contributed by atoms with van der Waals surface area (Å²) in [5.74, 6) is 3.56. The van der Waals surface area contributed by atoms with E-state index in [4.69, 9.17) is 9.47 Å². The van der Waals surface area contributed by atoms with Crippen molar-refractivity contribution in [1.29, 1.82) is 0 Å². The first kappa shape index (κ1) is 41.8. The van der Waals surface area contributed by atoms with Crippen molar-refractivity contribution in [2.24, 2.45) is 46.3 Å². The number of anilines is 1. The molecule has 59 heavy (non-hydrogen) atoms. The van der Waals surface area contributed by atoms with Crippen LogP contribution in [0.2, 0.25) is 0 Å². The molecule has 0 radical (unpaired) electrons. The molecule has 4 amide bonds. The highest BCUT2D eigenvalue weighted by Crippen LogP contribution is 2.67. The number of alkyl carbamates (subject to hydrolysis) is 1. The lowest BCUT2D eigenvalue weighted by molar-refractivity contribution is -0.121. The van der Waals surface area contributed by atoms with Crippen molar-refractivity contribution in [3.8, 4) is 0 Å². The van der Waals surface area contributed by atoms with Crippen LogP contribution in [0.3, 0.4) is 0 Å². The fourth-order valence-corrected chi connectivity index (χ4v) is 13.1. The summed E-state index contributed by atoms with van der Waals surface area (Å²) in [5, 5.41) is 7.21. The molecule has 0 aromatic heterocycles. The molecule has 4 aliphatic carbocycles. The number of hydrogen-bond acceptors (Lipinski definition) is 7. The minimum Gasteiger partial charge on any atom is -0.446 e. The number of imide groups is 1. The van der Waals surface area contributed by atoms with Crippen LogP contribution >= 0.6 is 0 Å². The number of carbonyl (C=O) groups excluding carboxylic acids is 4. The first-order chi connectivity index (χ1) is 28.4. The monoisotopic (exact) mass is 809 g/mol. The van der Waals surface area contributed by atoms with Gasteiger partial charge < -0.3 is 25.0 Å². The Bertz CT molecular complexity index is 1930. The van der Waals surface area contributed by atoms with Crippen molar-refractivity contribution in [1.82, 2.24) is 15.5 Å². The zero-order valence-electron chi connectivity index (χ0n) is 36.3. The minimum absolute atomic E-state index is 0.0524. The number of rotatable bonds is 13. The Morgan fingerprint density at radius 1 is 0.915 bits per heavy atom. The van der Waals surface area contributed by atoms with Crippen LogP contribution in [0, 0.1) is 46.3 Å². The molecule has 4 fully saturated rings. The lowest BCUT2D eigenvalue weighted by Crippen LogP contribution is -2.51.